The average Bonchev–Trinajstić information content (AvgIpc) is 2.68. The Morgan fingerprint density at radius 1 is 1.19 bits per heavy atom. The molecule has 2 unspecified atom stereocenters. The van der Waals surface area contributed by atoms with Crippen molar-refractivity contribution in [2.24, 2.45) is 0 Å². The van der Waals surface area contributed by atoms with Crippen LogP contribution in [0.25, 0.3) is 0 Å². The molecule has 1 amide bonds. The van der Waals surface area contributed by atoms with Crippen LogP contribution in [-0.2, 0) is 11.2 Å². The van der Waals surface area contributed by atoms with Gasteiger partial charge in [0.1, 0.15) is 5.75 Å². The monoisotopic (exact) mass is 365 g/mol. The first-order valence-corrected chi connectivity index (χ1v) is 10.2. The Kier molecular flexibility index (Phi) is 6.92. The van der Waals surface area contributed by atoms with Crippen molar-refractivity contribution >= 4 is 5.91 Å². The van der Waals surface area contributed by atoms with Crippen LogP contribution in [0.4, 0.5) is 0 Å². The topological polar surface area (TPSA) is 38.3 Å². The zero-order valence-corrected chi connectivity index (χ0v) is 16.5. The van der Waals surface area contributed by atoms with Gasteiger partial charge < -0.3 is 10.1 Å². The van der Waals surface area contributed by atoms with Crippen molar-refractivity contribution in [2.75, 3.05) is 13.2 Å². The minimum Gasteiger partial charge on any atom is -0.494 e. The molecule has 0 fully saturated rings. The summed E-state index contributed by atoms with van der Waals surface area (Å²) in [6.07, 6.45) is 5.39. The first kappa shape index (κ1) is 19.5. The van der Waals surface area contributed by atoms with E-state index in [1.165, 1.54) is 16.7 Å². The first-order chi connectivity index (χ1) is 13.2. The van der Waals surface area contributed by atoms with Crippen molar-refractivity contribution in [3.63, 3.8) is 0 Å². The van der Waals surface area contributed by atoms with Gasteiger partial charge in [-0.25, -0.2) is 0 Å². The van der Waals surface area contributed by atoms with Gasteiger partial charge in [-0.2, -0.15) is 0 Å². The molecular weight excluding hydrogens is 334 g/mol. The summed E-state index contributed by atoms with van der Waals surface area (Å²) in [6, 6.07) is 17.4. The van der Waals surface area contributed by atoms with E-state index in [1.54, 1.807) is 6.92 Å². The zero-order valence-electron chi connectivity index (χ0n) is 16.5. The number of hydrogen-bond donors (Lipinski definition) is 1. The second-order valence-electron chi connectivity index (χ2n) is 7.58. The van der Waals surface area contributed by atoms with Crippen LogP contribution < -0.4 is 10.1 Å². The highest BCUT2D eigenvalue weighted by molar-refractivity contribution is 5.72. The van der Waals surface area contributed by atoms with E-state index in [1.807, 2.05) is 0 Å². The van der Waals surface area contributed by atoms with E-state index >= 15 is 0 Å². The van der Waals surface area contributed by atoms with Crippen LogP contribution >= 0.6 is 0 Å². The van der Waals surface area contributed by atoms with Crippen LogP contribution in [0, 0.1) is 0 Å². The predicted octanol–water partition coefficient (Wildman–Crippen LogP) is 5.21. The van der Waals surface area contributed by atoms with Crippen LogP contribution in [0.1, 0.15) is 68.1 Å². The number of nitrogens with one attached hydrogen (secondary N) is 1. The van der Waals surface area contributed by atoms with Crippen LogP contribution in [0.3, 0.4) is 0 Å². The molecule has 3 rings (SSSR count). The molecule has 3 heteroatoms. The molecule has 0 bridgehead atoms. The number of benzene rings is 2. The third-order valence-corrected chi connectivity index (χ3v) is 5.50. The molecule has 2 aromatic rings. The number of rotatable bonds is 8. The number of ether oxygens (including phenoxy) is 1. The highest BCUT2D eigenvalue weighted by Gasteiger charge is 2.28. The van der Waals surface area contributed by atoms with Gasteiger partial charge in [-0.15, -0.1) is 0 Å². The van der Waals surface area contributed by atoms with Crippen molar-refractivity contribution in [3.05, 3.63) is 65.2 Å². The fourth-order valence-electron chi connectivity index (χ4n) is 4.06. The fourth-order valence-corrected chi connectivity index (χ4v) is 4.06. The van der Waals surface area contributed by atoms with Gasteiger partial charge in [0.15, 0.2) is 0 Å². The SMILES string of the molecule is CCCCOc1ccc2c(c1)C(CCNC(C)=O)CC(c1ccccc1)C2. The molecule has 0 heterocycles. The van der Waals surface area contributed by atoms with Crippen molar-refractivity contribution in [3.8, 4) is 5.75 Å². The quantitative estimate of drug-likeness (QED) is 0.653. The second kappa shape index (κ2) is 9.59. The molecule has 144 valence electrons. The molecule has 0 spiro atoms. The van der Waals surface area contributed by atoms with Crippen LogP contribution in [0.5, 0.6) is 5.75 Å². The van der Waals surface area contributed by atoms with Gasteiger partial charge in [-0.1, -0.05) is 49.7 Å². The van der Waals surface area contributed by atoms with E-state index < -0.39 is 0 Å². The van der Waals surface area contributed by atoms with Gasteiger partial charge in [0.2, 0.25) is 5.91 Å². The number of hydrogen-bond acceptors (Lipinski definition) is 2. The summed E-state index contributed by atoms with van der Waals surface area (Å²) in [5, 5.41) is 2.96. The summed E-state index contributed by atoms with van der Waals surface area (Å²) in [5.74, 6) is 2.00. The van der Waals surface area contributed by atoms with Crippen LogP contribution in [0.15, 0.2) is 48.5 Å². The zero-order chi connectivity index (χ0) is 19.1. The lowest BCUT2D eigenvalue weighted by Crippen LogP contribution is -2.25. The van der Waals surface area contributed by atoms with E-state index in [2.05, 4.69) is 60.8 Å². The van der Waals surface area contributed by atoms with Gasteiger partial charge in [0, 0.05) is 13.5 Å². The molecule has 3 nitrogen and oxygen atoms in total. The smallest absolute Gasteiger partial charge is 0.216 e. The maximum atomic E-state index is 11.3. The van der Waals surface area contributed by atoms with Crippen molar-refractivity contribution in [1.82, 2.24) is 5.32 Å². The third-order valence-electron chi connectivity index (χ3n) is 5.50. The van der Waals surface area contributed by atoms with E-state index in [0.717, 1.165) is 51.0 Å². The molecule has 2 aromatic carbocycles. The summed E-state index contributed by atoms with van der Waals surface area (Å²) in [5.41, 5.74) is 4.24. The molecule has 27 heavy (non-hydrogen) atoms. The average molecular weight is 366 g/mol. The summed E-state index contributed by atoms with van der Waals surface area (Å²) >= 11 is 0. The Labute approximate surface area is 163 Å². The number of fused-ring (bicyclic) bond motifs is 1. The van der Waals surface area contributed by atoms with E-state index in [-0.39, 0.29) is 5.91 Å². The lowest BCUT2D eigenvalue weighted by molar-refractivity contribution is -0.118. The molecule has 1 aliphatic carbocycles. The molecule has 0 aromatic heterocycles. The summed E-state index contributed by atoms with van der Waals surface area (Å²) < 4.78 is 5.95. The molecule has 0 radical (unpaired) electrons. The maximum absolute atomic E-state index is 11.3. The largest absolute Gasteiger partial charge is 0.494 e. The highest BCUT2D eigenvalue weighted by atomic mass is 16.5. The van der Waals surface area contributed by atoms with E-state index in [0.29, 0.717) is 11.8 Å². The van der Waals surface area contributed by atoms with Crippen LogP contribution in [0.2, 0.25) is 0 Å². The Morgan fingerprint density at radius 2 is 2.00 bits per heavy atom. The summed E-state index contributed by atoms with van der Waals surface area (Å²) in [6.45, 7) is 5.26. The Balaban J connectivity index is 1.80. The summed E-state index contributed by atoms with van der Waals surface area (Å²) in [4.78, 5) is 11.3. The predicted molar refractivity (Wildman–Crippen MR) is 110 cm³/mol. The number of amides is 1. The Bertz CT molecular complexity index is 741. The normalized spacial score (nSPS) is 18.6. The minimum absolute atomic E-state index is 0.0438. The van der Waals surface area contributed by atoms with Gasteiger partial charge in [-0.05, 0) is 66.3 Å². The maximum Gasteiger partial charge on any atom is 0.216 e. The molecule has 0 aliphatic heterocycles. The summed E-state index contributed by atoms with van der Waals surface area (Å²) in [7, 11) is 0. The van der Waals surface area contributed by atoms with Crippen LogP contribution in [-0.4, -0.2) is 19.1 Å². The van der Waals surface area contributed by atoms with Crippen molar-refractivity contribution < 1.29 is 9.53 Å². The van der Waals surface area contributed by atoms with Crippen molar-refractivity contribution in [2.45, 2.75) is 57.8 Å². The molecule has 1 aliphatic rings. The molecule has 2 atom stereocenters. The number of unbranched alkanes of at least 4 members (excludes halogenated alkanes) is 1. The lowest BCUT2D eigenvalue weighted by Gasteiger charge is -2.32. The second-order valence-corrected chi connectivity index (χ2v) is 7.58. The van der Waals surface area contributed by atoms with E-state index in [9.17, 15) is 4.79 Å². The first-order valence-electron chi connectivity index (χ1n) is 10.2. The Hall–Kier alpha value is -2.29. The minimum atomic E-state index is 0.0438. The molecular formula is C24H31NO2. The van der Waals surface area contributed by atoms with E-state index in [4.69, 9.17) is 4.74 Å². The van der Waals surface area contributed by atoms with Gasteiger partial charge >= 0.3 is 0 Å². The van der Waals surface area contributed by atoms with Crippen molar-refractivity contribution in [1.29, 1.82) is 0 Å². The van der Waals surface area contributed by atoms with Gasteiger partial charge in [0.05, 0.1) is 6.61 Å². The highest BCUT2D eigenvalue weighted by Crippen LogP contribution is 2.42. The molecule has 0 saturated heterocycles. The number of carbonyl (C=O) groups is 1. The standard InChI is InChI=1S/C24H31NO2/c1-3-4-14-27-23-11-10-20-15-22(19-8-6-5-7-9-19)16-21(24(20)17-23)12-13-25-18(2)26/h5-11,17,21-22H,3-4,12-16H2,1-2H3,(H,25,26). The lowest BCUT2D eigenvalue weighted by atomic mass is 9.73. The van der Waals surface area contributed by atoms with Gasteiger partial charge in [-0.3, -0.25) is 4.79 Å². The fraction of sp³-hybridized carbons (Fsp3) is 0.458. The third kappa shape index (κ3) is 5.35. The van der Waals surface area contributed by atoms with Gasteiger partial charge in [0.25, 0.3) is 0 Å². The molecule has 1 N–H and O–H groups in total. The Morgan fingerprint density at radius 3 is 2.74 bits per heavy atom. The molecule has 0 saturated carbocycles. The number of carbonyl (C=O) groups excluding carboxylic acids is 1.